The lowest BCUT2D eigenvalue weighted by Gasteiger charge is -2.32. The molecule has 1 fully saturated rings. The zero-order valence-electron chi connectivity index (χ0n) is 26.8. The molecule has 4 aromatic rings. The van der Waals surface area contributed by atoms with Gasteiger partial charge in [0.25, 0.3) is 0 Å². The van der Waals surface area contributed by atoms with Gasteiger partial charge in [-0.05, 0) is 99.2 Å². The van der Waals surface area contributed by atoms with Crippen LogP contribution in [-0.2, 0) is 25.3 Å². The summed E-state index contributed by atoms with van der Waals surface area (Å²) in [5.41, 5.74) is 16.7. The molecule has 0 saturated carbocycles. The predicted molar refractivity (Wildman–Crippen MR) is 196 cm³/mol. The minimum Gasteiger partial charge on any atom is -0.399 e. The Labute approximate surface area is 290 Å². The van der Waals surface area contributed by atoms with Crippen LogP contribution in [0.25, 0.3) is 11.1 Å². The summed E-state index contributed by atoms with van der Waals surface area (Å²) >= 11 is 15.1. The van der Waals surface area contributed by atoms with Crippen molar-refractivity contribution in [1.82, 2.24) is 0 Å². The molecule has 7 nitrogen and oxygen atoms in total. The second-order valence-corrected chi connectivity index (χ2v) is 13.6. The third-order valence-electron chi connectivity index (χ3n) is 7.40. The Morgan fingerprint density at radius 1 is 0.783 bits per heavy atom. The molecule has 5 N–H and O–H groups in total. The van der Waals surface area contributed by atoms with Crippen LogP contribution in [0.4, 0.5) is 17.1 Å². The Morgan fingerprint density at radius 3 is 1.89 bits per heavy atom. The van der Waals surface area contributed by atoms with Crippen LogP contribution in [0.2, 0.25) is 10.0 Å². The SMILES string of the molecule is CC(=O)Cc1cccc(-c2ccc(Cl)c(N)c2)c1.CC(=O)Nc1cccc(Br)c1.CC1(C)OB(c2ccc(Cl)c(N)c2)OC1(C)C. The van der Waals surface area contributed by atoms with Crippen LogP contribution in [0.15, 0.2) is 89.4 Å². The summed E-state index contributed by atoms with van der Waals surface area (Å²) in [6.07, 6.45) is 0.455. The molecule has 0 unspecified atom stereocenters. The molecule has 1 aliphatic rings. The van der Waals surface area contributed by atoms with Gasteiger partial charge in [-0.15, -0.1) is 0 Å². The molecular weight excluding hydrogens is 688 g/mol. The number of nitrogens with one attached hydrogen (secondary N) is 1. The minimum absolute atomic E-state index is 0.0527. The number of Topliss-reactive ketones (excluding diaryl/α,β-unsaturated/α-hetero) is 1. The van der Waals surface area contributed by atoms with Crippen LogP contribution in [-0.4, -0.2) is 30.0 Å². The number of hydrogen-bond donors (Lipinski definition) is 3. The minimum atomic E-state index is -0.389. The van der Waals surface area contributed by atoms with Gasteiger partial charge in [-0.2, -0.15) is 0 Å². The van der Waals surface area contributed by atoms with Gasteiger partial charge in [0.1, 0.15) is 5.78 Å². The number of nitrogen functional groups attached to an aromatic ring is 2. The number of ketones is 1. The van der Waals surface area contributed by atoms with Crippen LogP contribution in [0.1, 0.15) is 47.1 Å². The molecule has 46 heavy (non-hydrogen) atoms. The first kappa shape index (κ1) is 37.1. The van der Waals surface area contributed by atoms with Gasteiger partial charge in [0.05, 0.1) is 26.9 Å². The summed E-state index contributed by atoms with van der Waals surface area (Å²) < 4.78 is 12.8. The Balaban J connectivity index is 0.000000194. The van der Waals surface area contributed by atoms with E-state index in [1.165, 1.54) is 6.92 Å². The summed E-state index contributed by atoms with van der Waals surface area (Å²) in [5.74, 6) is 0.103. The Bertz CT molecular complexity index is 1680. The second-order valence-electron chi connectivity index (χ2n) is 11.9. The van der Waals surface area contributed by atoms with Crippen molar-refractivity contribution < 1.29 is 18.9 Å². The molecule has 1 saturated heterocycles. The standard InChI is InChI=1S/C15H14ClNO.C12H17BClNO2.C8H8BrNO/c1-10(18)7-11-3-2-4-12(8-11)13-5-6-14(16)15(17)9-13;1-11(2)12(3,4)17-13(16-11)8-5-6-9(14)10(15)7-8;1-6(11)10-8-4-2-3-7(9)5-8/h2-6,8-9H,7,17H2,1H3;5-7H,15H2,1-4H3;2-5H,1H3,(H,10,11). The fourth-order valence-electron chi connectivity index (χ4n) is 4.33. The monoisotopic (exact) mass is 725 g/mol. The molecule has 242 valence electrons. The highest BCUT2D eigenvalue weighted by atomic mass is 79.9. The van der Waals surface area contributed by atoms with Crippen LogP contribution in [0.3, 0.4) is 0 Å². The number of benzene rings is 4. The van der Waals surface area contributed by atoms with Gasteiger partial charge in [0.2, 0.25) is 5.91 Å². The smallest absolute Gasteiger partial charge is 0.399 e. The van der Waals surface area contributed by atoms with E-state index < -0.39 is 0 Å². The normalized spacial score (nSPS) is 14.3. The second kappa shape index (κ2) is 16.0. The van der Waals surface area contributed by atoms with E-state index in [1.807, 2.05) is 94.4 Å². The first-order valence-electron chi connectivity index (χ1n) is 14.5. The maximum Gasteiger partial charge on any atom is 0.494 e. The van der Waals surface area contributed by atoms with Gasteiger partial charge in [-0.1, -0.05) is 81.6 Å². The average Bonchev–Trinajstić information content (AvgIpc) is 3.18. The Hall–Kier alpha value is -3.34. The van der Waals surface area contributed by atoms with Crippen molar-refractivity contribution in [2.24, 2.45) is 0 Å². The topological polar surface area (TPSA) is 117 Å². The van der Waals surface area contributed by atoms with Crippen molar-refractivity contribution in [1.29, 1.82) is 0 Å². The van der Waals surface area contributed by atoms with Crippen molar-refractivity contribution >= 4 is 80.5 Å². The van der Waals surface area contributed by atoms with Crippen molar-refractivity contribution in [2.45, 2.75) is 59.2 Å². The van der Waals surface area contributed by atoms with Crippen LogP contribution >= 0.6 is 39.1 Å². The summed E-state index contributed by atoms with van der Waals surface area (Å²) in [5, 5.41) is 3.78. The molecule has 4 aromatic carbocycles. The fraction of sp³-hybridized carbons (Fsp3) is 0.257. The van der Waals surface area contributed by atoms with E-state index in [2.05, 4.69) is 21.2 Å². The maximum absolute atomic E-state index is 11.1. The zero-order chi connectivity index (χ0) is 34.2. The van der Waals surface area contributed by atoms with E-state index in [1.54, 1.807) is 25.1 Å². The highest BCUT2D eigenvalue weighted by Crippen LogP contribution is 2.36. The van der Waals surface area contributed by atoms with E-state index in [-0.39, 0.29) is 30.0 Å². The zero-order valence-corrected chi connectivity index (χ0v) is 29.9. The van der Waals surface area contributed by atoms with Gasteiger partial charge >= 0.3 is 7.12 Å². The summed E-state index contributed by atoms with van der Waals surface area (Å²) in [7, 11) is -0.389. The molecule has 0 bridgehead atoms. The number of carbonyl (C=O) groups is 2. The van der Waals surface area contributed by atoms with E-state index in [9.17, 15) is 9.59 Å². The summed E-state index contributed by atoms with van der Waals surface area (Å²) in [6.45, 7) is 11.2. The van der Waals surface area contributed by atoms with E-state index in [0.29, 0.717) is 27.8 Å². The molecule has 0 aliphatic carbocycles. The molecule has 1 aliphatic heterocycles. The third kappa shape index (κ3) is 10.6. The lowest BCUT2D eigenvalue weighted by Crippen LogP contribution is -2.41. The Kier molecular flexibility index (Phi) is 12.9. The fourth-order valence-corrected chi connectivity index (χ4v) is 4.96. The molecule has 0 aromatic heterocycles. The number of carbonyl (C=O) groups excluding carboxylic acids is 2. The molecule has 0 atom stereocenters. The van der Waals surface area contributed by atoms with E-state index >= 15 is 0 Å². The van der Waals surface area contributed by atoms with Gasteiger partial charge in [0.15, 0.2) is 0 Å². The van der Waals surface area contributed by atoms with Gasteiger partial charge in [-0.3, -0.25) is 9.59 Å². The predicted octanol–water partition coefficient (Wildman–Crippen LogP) is 8.35. The number of hydrogen-bond acceptors (Lipinski definition) is 6. The highest BCUT2D eigenvalue weighted by Gasteiger charge is 2.51. The number of halogens is 3. The summed E-state index contributed by atoms with van der Waals surface area (Å²) in [6, 6.07) is 26.3. The van der Waals surface area contributed by atoms with E-state index in [0.717, 1.165) is 32.3 Å². The molecule has 0 spiro atoms. The number of rotatable bonds is 5. The van der Waals surface area contributed by atoms with Gasteiger partial charge in [-0.25, -0.2) is 0 Å². The lowest BCUT2D eigenvalue weighted by atomic mass is 9.79. The van der Waals surface area contributed by atoms with E-state index in [4.69, 9.17) is 44.0 Å². The number of amides is 1. The first-order valence-corrected chi connectivity index (χ1v) is 16.1. The largest absolute Gasteiger partial charge is 0.494 e. The quantitative estimate of drug-likeness (QED) is 0.141. The molecule has 1 amide bonds. The van der Waals surface area contributed by atoms with Crippen molar-refractivity contribution in [3.8, 4) is 11.1 Å². The molecule has 5 rings (SSSR count). The maximum atomic E-state index is 11.1. The van der Waals surface area contributed by atoms with Crippen LogP contribution in [0, 0.1) is 0 Å². The third-order valence-corrected chi connectivity index (χ3v) is 8.58. The van der Waals surface area contributed by atoms with Crippen molar-refractivity contribution in [3.05, 3.63) is 105 Å². The van der Waals surface area contributed by atoms with Gasteiger partial charge < -0.3 is 26.1 Å². The summed E-state index contributed by atoms with van der Waals surface area (Å²) in [4.78, 5) is 21.7. The number of nitrogens with two attached hydrogens (primary N) is 2. The molecular formula is C35H39BBrCl2N3O4. The lowest BCUT2D eigenvalue weighted by molar-refractivity contribution is -0.116. The molecule has 1 heterocycles. The van der Waals surface area contributed by atoms with Crippen LogP contribution < -0.4 is 22.2 Å². The average molecular weight is 727 g/mol. The van der Waals surface area contributed by atoms with Crippen molar-refractivity contribution in [3.63, 3.8) is 0 Å². The first-order chi connectivity index (χ1) is 21.5. The molecule has 11 heteroatoms. The molecule has 0 radical (unpaired) electrons. The van der Waals surface area contributed by atoms with Gasteiger partial charge in [0, 0.05) is 29.2 Å². The van der Waals surface area contributed by atoms with Crippen molar-refractivity contribution in [2.75, 3.05) is 16.8 Å². The Morgan fingerprint density at radius 2 is 1.35 bits per heavy atom. The number of anilines is 3. The highest BCUT2D eigenvalue weighted by molar-refractivity contribution is 9.10. The van der Waals surface area contributed by atoms with Crippen LogP contribution in [0.5, 0.6) is 0 Å².